The molecule has 10 heteroatoms. The molecule has 0 aromatic rings. The predicted molar refractivity (Wildman–Crippen MR) is 167 cm³/mol. The van der Waals surface area contributed by atoms with E-state index in [4.69, 9.17) is 18.9 Å². The highest BCUT2D eigenvalue weighted by Gasteiger charge is 2.57. The fourth-order valence-corrected chi connectivity index (χ4v) is 9.54. The van der Waals surface area contributed by atoms with Gasteiger partial charge in [0.15, 0.2) is 11.6 Å². The van der Waals surface area contributed by atoms with Crippen molar-refractivity contribution >= 4 is 11.9 Å². The van der Waals surface area contributed by atoms with E-state index in [9.17, 15) is 19.8 Å². The summed E-state index contributed by atoms with van der Waals surface area (Å²) in [5.41, 5.74) is -3.05. The zero-order valence-electron chi connectivity index (χ0n) is 29.0. The number of rotatable bonds is 9. The smallest absolute Gasteiger partial charge is 0.309 e. The minimum absolute atomic E-state index is 0.0803. The molecule has 0 radical (unpaired) electrons. The maximum absolute atomic E-state index is 13.3. The second-order valence-corrected chi connectivity index (χ2v) is 18.3. The Hall–Kier alpha value is -1.30. The van der Waals surface area contributed by atoms with E-state index in [1.807, 2.05) is 13.8 Å². The highest BCUT2D eigenvalue weighted by atomic mass is 16.7. The Bertz CT molecular complexity index is 979. The van der Waals surface area contributed by atoms with Gasteiger partial charge >= 0.3 is 11.9 Å². The molecule has 4 aliphatic rings. The Balaban J connectivity index is 1.54. The van der Waals surface area contributed by atoms with E-state index in [1.54, 1.807) is 0 Å². The van der Waals surface area contributed by atoms with Crippen LogP contribution in [0.5, 0.6) is 0 Å². The molecule has 254 valence electrons. The SMILES string of the molecule is CC1(CC(CCCC(=O)O)(CC2(C)COC3(CC(C)(C)NC(C)(C)C3)OC2)C(=O)O)COC2(CC(C)(C)NC(C)(C)C2)OC1. The van der Waals surface area contributed by atoms with Gasteiger partial charge in [-0.25, -0.2) is 0 Å². The van der Waals surface area contributed by atoms with Gasteiger partial charge in [0.1, 0.15) is 0 Å². The third kappa shape index (κ3) is 8.34. The minimum Gasteiger partial charge on any atom is -0.481 e. The summed E-state index contributed by atoms with van der Waals surface area (Å²) in [7, 11) is 0. The fourth-order valence-electron chi connectivity index (χ4n) is 9.54. The van der Waals surface area contributed by atoms with Crippen LogP contribution in [0, 0.1) is 16.2 Å². The largest absolute Gasteiger partial charge is 0.481 e. The van der Waals surface area contributed by atoms with E-state index in [2.05, 4.69) is 66.0 Å². The standard InChI is InChI=1S/C34H60N2O8/c1-26(2)14-33(15-27(3,4)35-26)41-20-30(9,21-42-33)18-32(25(39)40,13-11-12-24(37)38)19-31(10)22-43-34(44-23-31)16-28(5,6)36-29(7,8)17-34/h35-36H,11-23H2,1-10H3,(H,37,38)(H,39,40). The van der Waals surface area contributed by atoms with Crippen molar-refractivity contribution in [2.45, 2.75) is 161 Å². The normalized spacial score (nSPS) is 29.2. The van der Waals surface area contributed by atoms with Crippen molar-refractivity contribution in [2.75, 3.05) is 26.4 Å². The zero-order chi connectivity index (χ0) is 33.1. The lowest BCUT2D eigenvalue weighted by atomic mass is 9.62. The Kier molecular flexibility index (Phi) is 9.24. The molecule has 0 aliphatic carbocycles. The summed E-state index contributed by atoms with van der Waals surface area (Å²) in [4.78, 5) is 24.8. The van der Waals surface area contributed by atoms with Crippen molar-refractivity contribution < 1.29 is 38.7 Å². The van der Waals surface area contributed by atoms with E-state index in [0.29, 0.717) is 65.0 Å². The van der Waals surface area contributed by atoms with E-state index in [0.717, 1.165) is 0 Å². The molecule has 4 saturated heterocycles. The first kappa shape index (κ1) is 35.6. The highest BCUT2D eigenvalue weighted by molar-refractivity contribution is 5.75. The van der Waals surface area contributed by atoms with Gasteiger partial charge < -0.3 is 39.8 Å². The van der Waals surface area contributed by atoms with Crippen LogP contribution in [0.25, 0.3) is 0 Å². The van der Waals surface area contributed by atoms with Crippen LogP contribution in [0.4, 0.5) is 0 Å². The number of hydrogen-bond donors (Lipinski definition) is 4. The van der Waals surface area contributed by atoms with Crippen LogP contribution in [0.2, 0.25) is 0 Å². The van der Waals surface area contributed by atoms with Crippen molar-refractivity contribution in [3.05, 3.63) is 0 Å². The summed E-state index contributed by atoms with van der Waals surface area (Å²) in [6, 6.07) is 0. The third-order valence-corrected chi connectivity index (χ3v) is 9.96. The summed E-state index contributed by atoms with van der Waals surface area (Å²) >= 11 is 0. The quantitative estimate of drug-likeness (QED) is 0.261. The average molecular weight is 625 g/mol. The average Bonchev–Trinajstić information content (AvgIpc) is 2.79. The number of ether oxygens (including phenoxy) is 4. The molecule has 0 unspecified atom stereocenters. The molecule has 0 aromatic heterocycles. The summed E-state index contributed by atoms with van der Waals surface area (Å²) < 4.78 is 26.3. The summed E-state index contributed by atoms with van der Waals surface area (Å²) in [5, 5.41) is 27.7. The topological polar surface area (TPSA) is 136 Å². The molecule has 4 rings (SSSR count). The Morgan fingerprint density at radius 3 is 1.20 bits per heavy atom. The molecule has 0 bridgehead atoms. The maximum atomic E-state index is 13.3. The van der Waals surface area contributed by atoms with Crippen LogP contribution in [0.1, 0.15) is 127 Å². The molecule has 4 aliphatic heterocycles. The fraction of sp³-hybridized carbons (Fsp3) is 0.941. The van der Waals surface area contributed by atoms with Crippen molar-refractivity contribution in [3.63, 3.8) is 0 Å². The Labute approximate surface area is 264 Å². The van der Waals surface area contributed by atoms with E-state index < -0.39 is 39.8 Å². The highest BCUT2D eigenvalue weighted by Crippen LogP contribution is 2.53. The van der Waals surface area contributed by atoms with Gasteiger partial charge in [0.05, 0.1) is 31.8 Å². The van der Waals surface area contributed by atoms with E-state index >= 15 is 0 Å². The molecule has 0 aromatic carbocycles. The maximum Gasteiger partial charge on any atom is 0.309 e. The van der Waals surface area contributed by atoms with Gasteiger partial charge in [0.25, 0.3) is 0 Å². The first-order valence-electron chi connectivity index (χ1n) is 16.4. The number of nitrogens with one attached hydrogen (secondary N) is 2. The molecule has 44 heavy (non-hydrogen) atoms. The lowest BCUT2D eigenvalue weighted by Crippen LogP contribution is -2.67. The summed E-state index contributed by atoms with van der Waals surface area (Å²) in [6.45, 7) is 22.8. The Morgan fingerprint density at radius 2 is 0.932 bits per heavy atom. The first-order valence-corrected chi connectivity index (χ1v) is 16.4. The number of carboxylic acids is 2. The second kappa shape index (κ2) is 11.4. The van der Waals surface area contributed by atoms with E-state index in [1.165, 1.54) is 0 Å². The lowest BCUT2D eigenvalue weighted by molar-refractivity contribution is -0.334. The van der Waals surface area contributed by atoms with Gasteiger partial charge in [-0.15, -0.1) is 0 Å². The van der Waals surface area contributed by atoms with Crippen molar-refractivity contribution in [2.24, 2.45) is 16.2 Å². The first-order chi connectivity index (χ1) is 19.8. The lowest BCUT2D eigenvalue weighted by Gasteiger charge is -2.57. The molecular formula is C34H60N2O8. The molecule has 10 nitrogen and oxygen atoms in total. The monoisotopic (exact) mass is 624 g/mol. The van der Waals surface area contributed by atoms with Gasteiger partial charge in [0, 0.05) is 65.1 Å². The minimum atomic E-state index is -1.20. The van der Waals surface area contributed by atoms with Gasteiger partial charge in [0.2, 0.25) is 0 Å². The zero-order valence-corrected chi connectivity index (χ0v) is 29.0. The van der Waals surface area contributed by atoms with Crippen LogP contribution in [0.3, 0.4) is 0 Å². The molecule has 0 atom stereocenters. The van der Waals surface area contributed by atoms with Crippen molar-refractivity contribution in [1.29, 1.82) is 0 Å². The number of hydrogen-bond acceptors (Lipinski definition) is 8. The Morgan fingerprint density at radius 1 is 0.614 bits per heavy atom. The molecule has 0 amide bonds. The van der Waals surface area contributed by atoms with Crippen LogP contribution in [0.15, 0.2) is 0 Å². The molecular weight excluding hydrogens is 564 g/mol. The van der Waals surface area contributed by atoms with Gasteiger partial charge in [-0.3, -0.25) is 9.59 Å². The van der Waals surface area contributed by atoms with Crippen LogP contribution >= 0.6 is 0 Å². The van der Waals surface area contributed by atoms with Crippen molar-refractivity contribution in [1.82, 2.24) is 10.6 Å². The number of piperidine rings is 2. The number of aliphatic carboxylic acids is 2. The molecule has 4 fully saturated rings. The third-order valence-electron chi connectivity index (χ3n) is 9.96. The van der Waals surface area contributed by atoms with Crippen LogP contribution in [-0.2, 0) is 28.5 Å². The molecule has 4 N–H and O–H groups in total. The second-order valence-electron chi connectivity index (χ2n) is 18.3. The van der Waals surface area contributed by atoms with Crippen molar-refractivity contribution in [3.8, 4) is 0 Å². The number of carboxylic acid groups (broad SMARTS) is 2. The van der Waals surface area contributed by atoms with E-state index in [-0.39, 0.29) is 41.4 Å². The van der Waals surface area contributed by atoms with Gasteiger partial charge in [-0.05, 0) is 81.1 Å². The summed E-state index contributed by atoms with van der Waals surface area (Å²) in [5.74, 6) is -3.30. The molecule has 4 heterocycles. The molecule has 2 spiro atoms. The van der Waals surface area contributed by atoms with Gasteiger partial charge in [-0.1, -0.05) is 13.8 Å². The number of carbonyl (C=O) groups is 2. The predicted octanol–water partition coefficient (Wildman–Crippen LogP) is 5.47. The van der Waals surface area contributed by atoms with Gasteiger partial charge in [-0.2, -0.15) is 0 Å². The molecule has 0 saturated carbocycles. The van der Waals surface area contributed by atoms with Crippen LogP contribution in [-0.4, -0.2) is 82.3 Å². The van der Waals surface area contributed by atoms with Crippen LogP contribution < -0.4 is 10.6 Å². The summed E-state index contributed by atoms with van der Waals surface area (Å²) in [6.07, 6.45) is 3.82.